The van der Waals surface area contributed by atoms with Crippen LogP contribution < -0.4 is 4.74 Å². The molecule has 1 fully saturated rings. The lowest BCUT2D eigenvalue weighted by Gasteiger charge is -2.31. The highest BCUT2D eigenvalue weighted by Gasteiger charge is 2.29. The smallest absolute Gasteiger partial charge is 0.322 e. The number of piperidine rings is 1. The van der Waals surface area contributed by atoms with E-state index in [-0.39, 0.29) is 23.7 Å². The molecule has 1 aliphatic rings. The molecule has 0 aliphatic carbocycles. The predicted molar refractivity (Wildman–Crippen MR) is 132 cm³/mol. The number of hydrogen-bond acceptors (Lipinski definition) is 6. The summed E-state index contributed by atoms with van der Waals surface area (Å²) >= 11 is 6.10. The Labute approximate surface area is 211 Å². The molecule has 10 heteroatoms. The fourth-order valence-corrected chi connectivity index (χ4v) is 4.51. The predicted octanol–water partition coefficient (Wildman–Crippen LogP) is 4.82. The molecular formula is C26H23ClFN5O3. The topological polar surface area (TPSA) is 104 Å². The van der Waals surface area contributed by atoms with Crippen molar-refractivity contribution < 1.29 is 19.0 Å². The van der Waals surface area contributed by atoms with E-state index in [1.165, 1.54) is 24.3 Å². The second-order valence-electron chi connectivity index (χ2n) is 8.46. The standard InChI is InChI=1S/C26H23ClFN5O3/c27-18-3-1-16(2-4-18)24-23(25(32-31-24)17-10-13-33(14-11-17)22(35)15-34)21-9-12-29-26(30-21)36-20-7-5-19(28)6-8-20/h1-9,12,17,34H,10-11,13-15H2,(H,31,32). The Morgan fingerprint density at radius 3 is 2.53 bits per heavy atom. The van der Waals surface area contributed by atoms with Crippen LogP contribution in [0.5, 0.6) is 11.8 Å². The van der Waals surface area contributed by atoms with Crippen LogP contribution in [-0.2, 0) is 4.79 Å². The van der Waals surface area contributed by atoms with E-state index in [1.54, 1.807) is 29.3 Å². The number of ether oxygens (including phenoxy) is 1. The summed E-state index contributed by atoms with van der Waals surface area (Å²) < 4.78 is 19.0. The van der Waals surface area contributed by atoms with Crippen molar-refractivity contribution >= 4 is 17.5 Å². The van der Waals surface area contributed by atoms with Crippen LogP contribution in [0.15, 0.2) is 60.8 Å². The summed E-state index contributed by atoms with van der Waals surface area (Å²) in [6.45, 7) is 0.599. The van der Waals surface area contributed by atoms with E-state index in [1.807, 2.05) is 12.1 Å². The molecule has 2 N–H and O–H groups in total. The van der Waals surface area contributed by atoms with Gasteiger partial charge in [-0.05, 0) is 55.3 Å². The van der Waals surface area contributed by atoms with E-state index >= 15 is 0 Å². The molecule has 0 saturated carbocycles. The van der Waals surface area contributed by atoms with Gasteiger partial charge in [0.25, 0.3) is 0 Å². The summed E-state index contributed by atoms with van der Waals surface area (Å²) in [5.41, 5.74) is 3.91. The van der Waals surface area contributed by atoms with E-state index in [2.05, 4.69) is 20.2 Å². The molecule has 4 aromatic rings. The minimum absolute atomic E-state index is 0.104. The van der Waals surface area contributed by atoms with Crippen LogP contribution in [0.1, 0.15) is 24.5 Å². The first-order valence-electron chi connectivity index (χ1n) is 11.5. The lowest BCUT2D eigenvalue weighted by atomic mass is 9.89. The zero-order valence-corrected chi connectivity index (χ0v) is 20.0. The molecule has 36 heavy (non-hydrogen) atoms. The summed E-state index contributed by atoms with van der Waals surface area (Å²) in [5, 5.41) is 17.7. The number of carbonyl (C=O) groups excluding carboxylic acids is 1. The van der Waals surface area contributed by atoms with Gasteiger partial charge >= 0.3 is 6.01 Å². The Morgan fingerprint density at radius 2 is 1.83 bits per heavy atom. The Balaban J connectivity index is 1.51. The number of aromatic amines is 1. The molecule has 0 spiro atoms. The second kappa shape index (κ2) is 10.4. The SMILES string of the molecule is O=C(CO)N1CCC(c2[nH]nc(-c3ccc(Cl)cc3)c2-c2ccnc(Oc3ccc(F)cc3)n2)CC1. The van der Waals surface area contributed by atoms with Crippen molar-refractivity contribution in [3.63, 3.8) is 0 Å². The number of aliphatic hydroxyl groups excluding tert-OH is 1. The van der Waals surface area contributed by atoms with Gasteiger partial charge in [-0.1, -0.05) is 23.7 Å². The summed E-state index contributed by atoms with van der Waals surface area (Å²) in [7, 11) is 0. The van der Waals surface area contributed by atoms with Crippen molar-refractivity contribution in [1.82, 2.24) is 25.1 Å². The Morgan fingerprint density at radius 1 is 1.11 bits per heavy atom. The number of amides is 1. The van der Waals surface area contributed by atoms with E-state index in [0.717, 1.165) is 16.8 Å². The van der Waals surface area contributed by atoms with Gasteiger partial charge in [0.2, 0.25) is 5.91 Å². The number of rotatable bonds is 6. The molecule has 5 rings (SSSR count). The molecule has 1 aliphatic heterocycles. The van der Waals surface area contributed by atoms with Crippen molar-refractivity contribution in [3.8, 4) is 34.3 Å². The largest absolute Gasteiger partial charge is 0.424 e. The van der Waals surface area contributed by atoms with Gasteiger partial charge in [-0.3, -0.25) is 9.89 Å². The van der Waals surface area contributed by atoms with Gasteiger partial charge in [0, 0.05) is 47.0 Å². The molecule has 0 radical (unpaired) electrons. The third-order valence-corrected chi connectivity index (χ3v) is 6.47. The van der Waals surface area contributed by atoms with Gasteiger partial charge in [0.15, 0.2) is 0 Å². The fraction of sp³-hybridized carbons (Fsp3) is 0.231. The highest BCUT2D eigenvalue weighted by molar-refractivity contribution is 6.30. The van der Waals surface area contributed by atoms with Crippen LogP contribution in [0.3, 0.4) is 0 Å². The van der Waals surface area contributed by atoms with Crippen LogP contribution in [0.25, 0.3) is 22.5 Å². The third kappa shape index (κ3) is 5.07. The number of aliphatic hydroxyl groups is 1. The molecule has 2 aromatic heterocycles. The molecule has 0 unspecified atom stereocenters. The van der Waals surface area contributed by atoms with Gasteiger partial charge in [-0.25, -0.2) is 9.37 Å². The van der Waals surface area contributed by atoms with Gasteiger partial charge in [0.05, 0.1) is 5.69 Å². The molecule has 1 saturated heterocycles. The van der Waals surface area contributed by atoms with Crippen LogP contribution >= 0.6 is 11.6 Å². The first-order valence-corrected chi connectivity index (χ1v) is 11.9. The van der Waals surface area contributed by atoms with E-state index in [9.17, 15) is 14.3 Å². The maximum absolute atomic E-state index is 13.3. The number of aromatic nitrogens is 4. The van der Waals surface area contributed by atoms with E-state index in [0.29, 0.717) is 48.1 Å². The molecule has 0 bridgehead atoms. The average molecular weight is 508 g/mol. The van der Waals surface area contributed by atoms with Crippen molar-refractivity contribution in [1.29, 1.82) is 0 Å². The first-order chi connectivity index (χ1) is 17.5. The molecule has 3 heterocycles. The van der Waals surface area contributed by atoms with Crippen LogP contribution in [0, 0.1) is 5.82 Å². The third-order valence-electron chi connectivity index (χ3n) is 6.22. The maximum Gasteiger partial charge on any atom is 0.322 e. The number of carbonyl (C=O) groups is 1. The normalized spacial score (nSPS) is 14.1. The van der Waals surface area contributed by atoms with Gasteiger partial charge in [0.1, 0.15) is 23.9 Å². The number of benzene rings is 2. The Kier molecular flexibility index (Phi) is 6.92. The minimum atomic E-state index is -0.488. The number of halogens is 2. The molecule has 8 nitrogen and oxygen atoms in total. The van der Waals surface area contributed by atoms with Crippen molar-refractivity contribution in [2.45, 2.75) is 18.8 Å². The zero-order valence-electron chi connectivity index (χ0n) is 19.2. The summed E-state index contributed by atoms with van der Waals surface area (Å²) in [6.07, 6.45) is 3.03. The lowest BCUT2D eigenvalue weighted by molar-refractivity contribution is -0.135. The zero-order chi connectivity index (χ0) is 25.1. The summed E-state index contributed by atoms with van der Waals surface area (Å²) in [4.78, 5) is 22.4. The summed E-state index contributed by atoms with van der Waals surface area (Å²) in [6, 6.07) is 14.9. The first kappa shape index (κ1) is 23.9. The molecule has 2 aromatic carbocycles. The van der Waals surface area contributed by atoms with Gasteiger partial charge in [-0.15, -0.1) is 0 Å². The fourth-order valence-electron chi connectivity index (χ4n) is 4.38. The van der Waals surface area contributed by atoms with Crippen molar-refractivity contribution in [2.75, 3.05) is 19.7 Å². The van der Waals surface area contributed by atoms with Gasteiger partial charge in [-0.2, -0.15) is 10.1 Å². The van der Waals surface area contributed by atoms with E-state index in [4.69, 9.17) is 16.3 Å². The van der Waals surface area contributed by atoms with Crippen LogP contribution in [0.4, 0.5) is 4.39 Å². The minimum Gasteiger partial charge on any atom is -0.424 e. The quantitative estimate of drug-likeness (QED) is 0.388. The monoisotopic (exact) mass is 507 g/mol. The number of likely N-dealkylation sites (tertiary alicyclic amines) is 1. The number of nitrogens with zero attached hydrogens (tertiary/aromatic N) is 4. The lowest BCUT2D eigenvalue weighted by Crippen LogP contribution is -2.39. The summed E-state index contributed by atoms with van der Waals surface area (Å²) in [5.74, 6) is -0.106. The highest BCUT2D eigenvalue weighted by atomic mass is 35.5. The molecular weight excluding hydrogens is 485 g/mol. The van der Waals surface area contributed by atoms with Crippen LogP contribution in [0.2, 0.25) is 5.02 Å². The van der Waals surface area contributed by atoms with Crippen molar-refractivity contribution in [3.05, 3.63) is 77.3 Å². The van der Waals surface area contributed by atoms with Crippen molar-refractivity contribution in [2.24, 2.45) is 0 Å². The Hall–Kier alpha value is -3.82. The average Bonchev–Trinajstić information content (AvgIpc) is 3.35. The number of nitrogens with one attached hydrogen (secondary N) is 1. The Bertz CT molecular complexity index is 1350. The molecule has 184 valence electrons. The van der Waals surface area contributed by atoms with Crippen LogP contribution in [-0.4, -0.2) is 55.8 Å². The van der Waals surface area contributed by atoms with Gasteiger partial charge < -0.3 is 14.7 Å². The highest BCUT2D eigenvalue weighted by Crippen LogP contribution is 2.39. The number of H-pyrrole nitrogens is 1. The maximum atomic E-state index is 13.3. The number of hydrogen-bond donors (Lipinski definition) is 2. The second-order valence-corrected chi connectivity index (χ2v) is 8.90. The van der Waals surface area contributed by atoms with E-state index < -0.39 is 6.61 Å². The molecule has 0 atom stereocenters. The molecule has 1 amide bonds.